The zero-order chi connectivity index (χ0) is 29.5. The lowest BCUT2D eigenvalue weighted by Gasteiger charge is -2.17. The maximum atomic E-state index is 12.7. The maximum absolute atomic E-state index is 12.7. The molecule has 218 valence electrons. The van der Waals surface area contributed by atoms with Crippen molar-refractivity contribution in [3.05, 3.63) is 124 Å². The van der Waals surface area contributed by atoms with Gasteiger partial charge in [-0.3, -0.25) is 14.4 Å². The molecule has 0 radical (unpaired) electrons. The third-order valence-electron chi connectivity index (χ3n) is 6.92. The molecule has 3 aromatic carbocycles. The van der Waals surface area contributed by atoms with Crippen molar-refractivity contribution in [2.75, 3.05) is 13.1 Å². The Balaban J connectivity index is 0.00000264. The van der Waals surface area contributed by atoms with Crippen molar-refractivity contribution in [2.45, 2.75) is 30.6 Å². The second kappa shape index (κ2) is 12.8. The summed E-state index contributed by atoms with van der Waals surface area (Å²) in [6.45, 7) is 0.496. The number of benzene rings is 3. The largest absolute Gasteiger partial charge is 0.426 e. The number of sulfone groups is 1. The highest BCUT2D eigenvalue weighted by Gasteiger charge is 2.33. The van der Waals surface area contributed by atoms with E-state index < -0.39 is 15.7 Å². The number of ether oxygens (including phenoxy) is 1. The summed E-state index contributed by atoms with van der Waals surface area (Å²) in [5.74, 6) is -0.748. The fourth-order valence-corrected chi connectivity index (χ4v) is 6.31. The Morgan fingerprint density at radius 1 is 0.786 bits per heavy atom. The van der Waals surface area contributed by atoms with Crippen LogP contribution >= 0.6 is 0 Å². The molecular weight excluding hydrogens is 552 g/mol. The first-order valence-electron chi connectivity index (χ1n) is 13.7. The molecule has 42 heavy (non-hydrogen) atoms. The van der Waals surface area contributed by atoms with Crippen LogP contribution in [0.25, 0.3) is 11.6 Å². The highest BCUT2D eigenvalue weighted by molar-refractivity contribution is 7.96. The Morgan fingerprint density at radius 2 is 1.45 bits per heavy atom. The smallest absolute Gasteiger partial charge is 0.315 e. The summed E-state index contributed by atoms with van der Waals surface area (Å²) in [6, 6.07) is 22.9. The summed E-state index contributed by atoms with van der Waals surface area (Å²) in [4.78, 5) is 37.5. The van der Waals surface area contributed by atoms with Crippen LogP contribution in [-0.4, -0.2) is 39.3 Å². The fourth-order valence-electron chi connectivity index (χ4n) is 4.78. The molecule has 5 rings (SSSR count). The van der Waals surface area contributed by atoms with Gasteiger partial charge in [0.2, 0.25) is 9.84 Å². The monoisotopic (exact) mass is 586 g/mol. The topological polar surface area (TPSA) is 119 Å². The molecule has 1 heterocycles. The molecule has 0 bridgehead atoms. The van der Waals surface area contributed by atoms with Crippen LogP contribution in [0.3, 0.4) is 0 Å². The van der Waals surface area contributed by atoms with Gasteiger partial charge in [-0.1, -0.05) is 66.7 Å². The van der Waals surface area contributed by atoms with Crippen LogP contribution in [0.1, 0.15) is 49.2 Å². The van der Waals surface area contributed by atoms with Crippen LogP contribution in [0.4, 0.5) is 0 Å². The first kappa shape index (κ1) is 28.8. The van der Waals surface area contributed by atoms with E-state index in [1.54, 1.807) is 30.3 Å². The van der Waals surface area contributed by atoms with Gasteiger partial charge in [0.05, 0.1) is 11.3 Å². The number of hydrogen-bond donors (Lipinski definition) is 2. The van der Waals surface area contributed by atoms with E-state index in [0.717, 1.165) is 29.5 Å². The molecule has 0 saturated heterocycles. The predicted octanol–water partition coefficient (Wildman–Crippen LogP) is 5.09. The zero-order valence-electron chi connectivity index (χ0n) is 22.8. The summed E-state index contributed by atoms with van der Waals surface area (Å²) in [7, 11) is -3.82. The van der Waals surface area contributed by atoms with Gasteiger partial charge in [0, 0.05) is 27.1 Å². The molecule has 0 atom stereocenters. The maximum Gasteiger partial charge on any atom is 0.315 e. The van der Waals surface area contributed by atoms with E-state index in [2.05, 4.69) is 10.6 Å². The van der Waals surface area contributed by atoms with Crippen molar-refractivity contribution in [3.63, 3.8) is 0 Å². The highest BCUT2D eigenvalue weighted by Crippen LogP contribution is 2.32. The first-order chi connectivity index (χ1) is 20.3. The number of amides is 2. The average Bonchev–Trinajstić information content (AvgIpc) is 3.28. The number of fused-ring (bicyclic) bond motifs is 1. The summed E-state index contributed by atoms with van der Waals surface area (Å²) in [6.07, 6.45) is 7.52. The van der Waals surface area contributed by atoms with Gasteiger partial charge in [0.1, 0.15) is 10.7 Å². The molecule has 0 fully saturated rings. The molecule has 2 N–H and O–H groups in total. The molecule has 2 aliphatic rings. The van der Waals surface area contributed by atoms with Gasteiger partial charge in [-0.15, -0.1) is 0 Å². The molecule has 3 aromatic rings. The van der Waals surface area contributed by atoms with Crippen molar-refractivity contribution in [1.29, 1.82) is 0 Å². The van der Waals surface area contributed by atoms with E-state index >= 15 is 0 Å². The number of nitrogens with one attached hydrogen (secondary N) is 2. The summed E-state index contributed by atoms with van der Waals surface area (Å²) in [5.41, 5.74) is 3.49. The standard InChI is InChI=1S/C33H30N2O6S.2H2/c36-31(21-23-9-2-1-3-10-23)41-28-13-6-5-12-27(28)24-15-17-25(18-16-24)32(37)34-19-8-20-35-33(38)30-22-26-11-4-7-14-29(26)42(30,39)40;;/h1-4,7,9-18,22H,5-6,8,19-21H2,(H,34,37)(H,35,38);2*1H. The van der Waals surface area contributed by atoms with Gasteiger partial charge in [0.25, 0.3) is 11.8 Å². The second-order valence-corrected chi connectivity index (χ2v) is 11.8. The lowest BCUT2D eigenvalue weighted by Crippen LogP contribution is -2.31. The minimum atomic E-state index is -3.82. The van der Waals surface area contributed by atoms with Gasteiger partial charge in [-0.25, -0.2) is 8.42 Å². The van der Waals surface area contributed by atoms with Crippen LogP contribution in [0.5, 0.6) is 0 Å². The third-order valence-corrected chi connectivity index (χ3v) is 8.75. The molecule has 1 aliphatic heterocycles. The molecular formula is C33H34N2O6S. The number of allylic oxidation sites excluding steroid dienone is 3. The number of carbonyl (C=O) groups excluding carboxylic acids is 3. The fraction of sp³-hybridized carbons (Fsp3) is 0.182. The number of rotatable bonds is 10. The Labute approximate surface area is 247 Å². The Kier molecular flexibility index (Phi) is 8.78. The van der Waals surface area contributed by atoms with Gasteiger partial charge in [0.15, 0.2) is 0 Å². The van der Waals surface area contributed by atoms with Crippen molar-refractivity contribution in [3.8, 4) is 0 Å². The van der Waals surface area contributed by atoms with Crippen LogP contribution in [0.15, 0.2) is 107 Å². The molecule has 0 spiro atoms. The molecule has 8 nitrogen and oxygen atoms in total. The van der Waals surface area contributed by atoms with Crippen LogP contribution in [0.2, 0.25) is 0 Å². The minimum Gasteiger partial charge on any atom is -0.426 e. The van der Waals surface area contributed by atoms with Crippen LogP contribution in [-0.2, 0) is 30.6 Å². The van der Waals surface area contributed by atoms with Crippen molar-refractivity contribution < 1.29 is 30.4 Å². The van der Waals surface area contributed by atoms with E-state index in [9.17, 15) is 22.8 Å². The number of hydrogen-bond acceptors (Lipinski definition) is 6. The first-order valence-corrected chi connectivity index (χ1v) is 15.2. The molecule has 9 heteroatoms. The molecule has 1 aliphatic carbocycles. The quantitative estimate of drug-likeness (QED) is 0.252. The molecule has 0 saturated carbocycles. The second-order valence-electron chi connectivity index (χ2n) is 9.89. The van der Waals surface area contributed by atoms with E-state index in [1.807, 2.05) is 54.6 Å². The van der Waals surface area contributed by atoms with Crippen molar-refractivity contribution >= 4 is 39.3 Å². The SMILES string of the molecule is O=C(Cc1ccccc1)OC1=CCCC=C1c1ccc(C(=O)NCCCNC(=O)C2=Cc3ccccc3S2(=O)=O)cc1.[HH].[HH]. The lowest BCUT2D eigenvalue weighted by molar-refractivity contribution is -0.138. The Morgan fingerprint density at radius 3 is 2.19 bits per heavy atom. The number of carbonyl (C=O) groups is 3. The number of esters is 1. The summed E-state index contributed by atoms with van der Waals surface area (Å²) >= 11 is 0. The molecule has 0 unspecified atom stereocenters. The van der Waals surface area contributed by atoms with E-state index in [0.29, 0.717) is 29.9 Å². The predicted molar refractivity (Wildman–Crippen MR) is 164 cm³/mol. The minimum absolute atomic E-state index is 0. The Bertz CT molecular complexity index is 1720. The van der Waals surface area contributed by atoms with E-state index in [1.165, 1.54) is 12.1 Å². The van der Waals surface area contributed by atoms with E-state index in [4.69, 9.17) is 4.74 Å². The lowest BCUT2D eigenvalue weighted by atomic mass is 9.96. The van der Waals surface area contributed by atoms with Gasteiger partial charge in [-0.05, 0) is 66.3 Å². The highest BCUT2D eigenvalue weighted by atomic mass is 32.2. The Hall–Kier alpha value is -4.76. The summed E-state index contributed by atoms with van der Waals surface area (Å²) in [5, 5.41) is 5.43. The van der Waals surface area contributed by atoms with Gasteiger partial charge in [-0.2, -0.15) is 0 Å². The van der Waals surface area contributed by atoms with E-state index in [-0.39, 0.29) is 37.5 Å². The molecule has 0 aromatic heterocycles. The van der Waals surface area contributed by atoms with Gasteiger partial charge < -0.3 is 15.4 Å². The summed E-state index contributed by atoms with van der Waals surface area (Å²) < 4.78 is 30.9. The van der Waals surface area contributed by atoms with Crippen LogP contribution < -0.4 is 10.6 Å². The van der Waals surface area contributed by atoms with Crippen molar-refractivity contribution in [1.82, 2.24) is 10.6 Å². The van der Waals surface area contributed by atoms with Gasteiger partial charge >= 0.3 is 5.97 Å². The molecule has 2 amide bonds. The normalized spacial score (nSPS) is 15.0. The zero-order valence-corrected chi connectivity index (χ0v) is 23.7. The average molecular weight is 587 g/mol. The van der Waals surface area contributed by atoms with Crippen molar-refractivity contribution in [2.24, 2.45) is 0 Å². The third kappa shape index (κ3) is 6.58. The van der Waals surface area contributed by atoms with Crippen LogP contribution in [0, 0.1) is 0 Å².